The second-order valence-electron chi connectivity index (χ2n) is 8.23. The Bertz CT molecular complexity index is 726. The lowest BCUT2D eigenvalue weighted by atomic mass is 9.88. The summed E-state index contributed by atoms with van der Waals surface area (Å²) < 4.78 is 10.5. The van der Waals surface area contributed by atoms with Crippen LogP contribution >= 0.6 is 0 Å². The van der Waals surface area contributed by atoms with E-state index in [2.05, 4.69) is 10.6 Å². The quantitative estimate of drug-likeness (QED) is 0.109. The summed E-state index contributed by atoms with van der Waals surface area (Å²) in [6.45, 7) is -0.662. The van der Waals surface area contributed by atoms with E-state index < -0.39 is 105 Å². The van der Waals surface area contributed by atoms with E-state index in [1.54, 1.807) is 0 Å². The Morgan fingerprint density at radius 1 is 1.00 bits per heavy atom. The van der Waals surface area contributed by atoms with E-state index in [9.17, 15) is 55.2 Å². The molecule has 0 unspecified atom stereocenters. The van der Waals surface area contributed by atoms with Crippen LogP contribution in [0.2, 0.25) is 0 Å². The van der Waals surface area contributed by atoms with Crippen LogP contribution in [0.4, 0.5) is 0 Å². The first kappa shape index (κ1) is 31.0. The molecule has 16 nitrogen and oxygen atoms in total. The highest BCUT2D eigenvalue weighted by atomic mass is 16.7. The van der Waals surface area contributed by atoms with Crippen LogP contribution in [0.5, 0.6) is 0 Å². The highest BCUT2D eigenvalue weighted by molar-refractivity contribution is 5.76. The van der Waals surface area contributed by atoms with Gasteiger partial charge in [-0.15, -0.1) is 0 Å². The normalized spacial score (nSPS) is 29.8. The minimum atomic E-state index is -2.77. The van der Waals surface area contributed by atoms with Gasteiger partial charge in [-0.2, -0.15) is 0 Å². The van der Waals surface area contributed by atoms with Gasteiger partial charge in [0.1, 0.15) is 36.6 Å². The third kappa shape index (κ3) is 8.01. The van der Waals surface area contributed by atoms with Crippen molar-refractivity contribution < 1.29 is 69.8 Å². The van der Waals surface area contributed by atoms with E-state index in [1.807, 2.05) is 0 Å². The molecule has 0 aromatic heterocycles. The highest BCUT2D eigenvalue weighted by Gasteiger charge is 2.56. The van der Waals surface area contributed by atoms with Gasteiger partial charge in [0.15, 0.2) is 0 Å². The van der Waals surface area contributed by atoms with Gasteiger partial charge in [-0.3, -0.25) is 9.59 Å². The molecule has 1 heterocycles. The number of hydrogen-bond acceptors (Lipinski definition) is 13. The summed E-state index contributed by atoms with van der Waals surface area (Å²) >= 11 is 0. The van der Waals surface area contributed by atoms with Crippen molar-refractivity contribution in [3.8, 4) is 0 Å². The van der Waals surface area contributed by atoms with Gasteiger partial charge in [0.2, 0.25) is 11.8 Å². The van der Waals surface area contributed by atoms with Gasteiger partial charge in [0.05, 0.1) is 38.0 Å². The molecular weight excluding hydrogens is 480 g/mol. The zero-order chi connectivity index (χ0) is 27.1. The Balaban J connectivity index is 3.11. The van der Waals surface area contributed by atoms with Crippen molar-refractivity contribution in [2.45, 2.75) is 80.9 Å². The molecular formula is C19H34N2O14. The summed E-state index contributed by atoms with van der Waals surface area (Å²) in [5.41, 5.74) is 0. The maximum Gasteiger partial charge on any atom is 0.364 e. The number of amides is 2. The number of rotatable bonds is 13. The maximum absolute atomic E-state index is 12.0. The van der Waals surface area contributed by atoms with Crippen molar-refractivity contribution in [2.24, 2.45) is 0 Å². The SMILES string of the molecule is CC(=O)N[C@H]1[C@H]([C@H](O)[C@H](O)CO)O[C@@](OC[C@@H](O)[C@H](O)[C@H](O)[C@H](CO)NC(C)=O)(C(=O)O)C[C@@H]1O. The first-order valence-electron chi connectivity index (χ1n) is 10.6. The number of aliphatic hydroxyl groups excluding tert-OH is 8. The van der Waals surface area contributed by atoms with Gasteiger partial charge in [-0.05, 0) is 0 Å². The Kier molecular flexibility index (Phi) is 11.8. The molecule has 1 aliphatic rings. The summed E-state index contributed by atoms with van der Waals surface area (Å²) in [6.07, 6.45) is -14.2. The van der Waals surface area contributed by atoms with E-state index in [1.165, 1.54) is 0 Å². The highest BCUT2D eigenvalue weighted by Crippen LogP contribution is 2.34. The zero-order valence-corrected chi connectivity index (χ0v) is 19.1. The zero-order valence-electron chi connectivity index (χ0n) is 19.1. The van der Waals surface area contributed by atoms with Crippen LogP contribution < -0.4 is 10.6 Å². The molecule has 1 saturated heterocycles. The lowest BCUT2D eigenvalue weighted by molar-refractivity contribution is -0.317. The number of aliphatic carboxylic acids is 1. The smallest absolute Gasteiger partial charge is 0.364 e. The molecule has 0 aromatic rings. The van der Waals surface area contributed by atoms with Gasteiger partial charge >= 0.3 is 5.97 Å². The summed E-state index contributed by atoms with van der Waals surface area (Å²) in [4.78, 5) is 34.7. The lowest BCUT2D eigenvalue weighted by Crippen LogP contribution is -2.68. The van der Waals surface area contributed by atoms with E-state index in [-0.39, 0.29) is 0 Å². The number of carboxylic acid groups (broad SMARTS) is 1. The second kappa shape index (κ2) is 13.4. The third-order valence-corrected chi connectivity index (χ3v) is 5.42. The number of nitrogens with one attached hydrogen (secondary N) is 2. The fourth-order valence-electron chi connectivity index (χ4n) is 3.56. The Labute approximate surface area is 199 Å². The summed E-state index contributed by atoms with van der Waals surface area (Å²) in [5.74, 6) is -5.96. The Hall–Kier alpha value is -1.99. The van der Waals surface area contributed by atoms with Crippen LogP contribution in [0.1, 0.15) is 20.3 Å². The standard InChI is InChI=1S/C19H34N2O14/c1-7(24)20-9(4-22)14(29)15(30)12(28)6-34-19(18(32)33)3-10(26)13(21-8(2)25)17(35-19)16(31)11(27)5-23/h9-17,22-23,26-31H,3-6H2,1-2H3,(H,20,24)(H,21,25)(H,32,33)/t9-,10-,11+,12+,13+,14+,15-,16+,17+,19+/m0/s1. The Morgan fingerprint density at radius 2 is 1.60 bits per heavy atom. The van der Waals surface area contributed by atoms with Crippen LogP contribution in [0.3, 0.4) is 0 Å². The first-order chi connectivity index (χ1) is 16.2. The van der Waals surface area contributed by atoms with E-state index >= 15 is 0 Å². The maximum atomic E-state index is 12.0. The summed E-state index contributed by atoms with van der Waals surface area (Å²) in [7, 11) is 0. The molecule has 1 fully saturated rings. The molecule has 0 saturated carbocycles. The van der Waals surface area contributed by atoms with Crippen LogP contribution in [0.25, 0.3) is 0 Å². The molecule has 35 heavy (non-hydrogen) atoms. The van der Waals surface area contributed by atoms with Gasteiger partial charge in [0, 0.05) is 20.3 Å². The number of aliphatic hydroxyl groups is 8. The molecule has 10 atom stereocenters. The van der Waals surface area contributed by atoms with E-state index in [0.29, 0.717) is 0 Å². The molecule has 0 spiro atoms. The van der Waals surface area contributed by atoms with Gasteiger partial charge < -0.3 is 66.1 Å². The second-order valence-corrected chi connectivity index (χ2v) is 8.23. The van der Waals surface area contributed by atoms with Crippen molar-refractivity contribution in [1.82, 2.24) is 10.6 Å². The fraction of sp³-hybridized carbons (Fsp3) is 0.842. The molecule has 0 bridgehead atoms. The third-order valence-electron chi connectivity index (χ3n) is 5.42. The predicted octanol–water partition coefficient (Wildman–Crippen LogP) is -6.27. The fourth-order valence-corrected chi connectivity index (χ4v) is 3.56. The summed E-state index contributed by atoms with van der Waals surface area (Å²) in [6, 6.07) is -2.81. The van der Waals surface area contributed by atoms with E-state index in [0.717, 1.165) is 13.8 Å². The minimum Gasteiger partial charge on any atom is -0.477 e. The van der Waals surface area contributed by atoms with Crippen LogP contribution in [-0.4, -0.2) is 144 Å². The first-order valence-corrected chi connectivity index (χ1v) is 10.6. The van der Waals surface area contributed by atoms with Crippen molar-refractivity contribution in [1.29, 1.82) is 0 Å². The molecule has 1 rings (SSSR count). The topological polar surface area (TPSA) is 276 Å². The molecule has 2 amide bonds. The molecule has 204 valence electrons. The van der Waals surface area contributed by atoms with Crippen LogP contribution in [0, 0.1) is 0 Å². The van der Waals surface area contributed by atoms with Crippen molar-refractivity contribution in [3.63, 3.8) is 0 Å². The number of carbonyl (C=O) groups excluding carboxylic acids is 2. The molecule has 0 aliphatic carbocycles. The molecule has 16 heteroatoms. The van der Waals surface area contributed by atoms with Crippen molar-refractivity contribution in [3.05, 3.63) is 0 Å². The summed E-state index contributed by atoms with van der Waals surface area (Å²) in [5, 5.41) is 93.7. The van der Waals surface area contributed by atoms with Crippen molar-refractivity contribution >= 4 is 17.8 Å². The van der Waals surface area contributed by atoms with Crippen LogP contribution in [-0.2, 0) is 23.9 Å². The number of carbonyl (C=O) groups is 3. The average molecular weight is 514 g/mol. The number of hydrogen-bond donors (Lipinski definition) is 11. The Morgan fingerprint density at radius 3 is 2.06 bits per heavy atom. The molecule has 0 aromatic carbocycles. The average Bonchev–Trinajstić information content (AvgIpc) is 2.79. The molecule has 11 N–H and O–H groups in total. The van der Waals surface area contributed by atoms with Gasteiger partial charge in [-0.1, -0.05) is 0 Å². The monoisotopic (exact) mass is 514 g/mol. The van der Waals surface area contributed by atoms with E-state index in [4.69, 9.17) is 14.6 Å². The van der Waals surface area contributed by atoms with Gasteiger partial charge in [-0.25, -0.2) is 4.79 Å². The molecule has 0 radical (unpaired) electrons. The van der Waals surface area contributed by atoms with Crippen molar-refractivity contribution in [2.75, 3.05) is 19.8 Å². The largest absolute Gasteiger partial charge is 0.477 e. The van der Waals surface area contributed by atoms with Gasteiger partial charge in [0.25, 0.3) is 5.79 Å². The molecule has 1 aliphatic heterocycles. The lowest BCUT2D eigenvalue weighted by Gasteiger charge is -2.46. The number of carboxylic acids is 1. The number of ether oxygens (including phenoxy) is 2. The van der Waals surface area contributed by atoms with Crippen LogP contribution in [0.15, 0.2) is 0 Å². The minimum absolute atomic E-state index is 0.654. The predicted molar refractivity (Wildman–Crippen MR) is 111 cm³/mol.